The molecule has 0 heterocycles. The lowest BCUT2D eigenvalue weighted by atomic mass is 10.1. The zero-order chi connectivity index (χ0) is 22.6. The van der Waals surface area contributed by atoms with Gasteiger partial charge in [-0.15, -0.1) is 0 Å². The van der Waals surface area contributed by atoms with Crippen molar-refractivity contribution in [2.45, 2.75) is 18.7 Å². The van der Waals surface area contributed by atoms with E-state index in [-0.39, 0.29) is 10.8 Å². The maximum absolute atomic E-state index is 12.6. The summed E-state index contributed by atoms with van der Waals surface area (Å²) in [6.45, 7) is 3.78. The number of anilines is 2. The van der Waals surface area contributed by atoms with Crippen LogP contribution in [0.15, 0.2) is 65.6 Å². The average Bonchev–Trinajstić information content (AvgIpc) is 2.76. The van der Waals surface area contributed by atoms with E-state index in [2.05, 4.69) is 10.0 Å². The Bertz CT molecular complexity index is 1210. The Labute approximate surface area is 182 Å². The lowest BCUT2D eigenvalue weighted by Crippen LogP contribution is -2.14. The van der Waals surface area contributed by atoms with Gasteiger partial charge < -0.3 is 14.8 Å². The van der Waals surface area contributed by atoms with E-state index in [1.54, 1.807) is 67.8 Å². The number of carbonyl (C=O) groups excluding carboxylic acids is 1. The zero-order valence-electron chi connectivity index (χ0n) is 17.7. The fraction of sp³-hybridized carbons (Fsp3) is 0.174. The van der Waals surface area contributed by atoms with Crippen molar-refractivity contribution in [3.8, 4) is 11.5 Å². The van der Waals surface area contributed by atoms with Crippen LogP contribution in [0.3, 0.4) is 0 Å². The fourth-order valence-electron chi connectivity index (χ4n) is 2.88. The number of carbonyl (C=O) groups is 1. The molecule has 0 bridgehead atoms. The molecule has 8 heteroatoms. The van der Waals surface area contributed by atoms with Crippen LogP contribution in [-0.2, 0) is 10.0 Å². The van der Waals surface area contributed by atoms with E-state index in [9.17, 15) is 13.2 Å². The molecule has 0 aliphatic rings. The second-order valence-corrected chi connectivity index (χ2v) is 8.63. The van der Waals surface area contributed by atoms with Crippen molar-refractivity contribution in [3.63, 3.8) is 0 Å². The van der Waals surface area contributed by atoms with Crippen LogP contribution in [0.5, 0.6) is 11.5 Å². The van der Waals surface area contributed by atoms with E-state index in [4.69, 9.17) is 9.47 Å². The molecule has 0 aromatic heterocycles. The summed E-state index contributed by atoms with van der Waals surface area (Å²) in [6, 6.07) is 16.2. The molecular weight excluding hydrogens is 416 g/mol. The van der Waals surface area contributed by atoms with Crippen LogP contribution < -0.4 is 19.5 Å². The standard InChI is InChI=1S/C23H24N2O5S/c1-15-5-11-20(13-16(15)2)31(27,28)25-18-8-6-17(7-9-18)23(26)24-21-12-10-19(29-3)14-22(21)30-4/h5-14,25H,1-4H3,(H,24,26). The number of sulfonamides is 1. The van der Waals surface area contributed by atoms with Gasteiger partial charge in [0.15, 0.2) is 0 Å². The lowest BCUT2D eigenvalue weighted by molar-refractivity contribution is 0.102. The Hall–Kier alpha value is -3.52. The Morgan fingerprint density at radius 1 is 0.839 bits per heavy atom. The molecule has 31 heavy (non-hydrogen) atoms. The highest BCUT2D eigenvalue weighted by Gasteiger charge is 2.16. The third kappa shape index (κ3) is 5.16. The second-order valence-electron chi connectivity index (χ2n) is 6.95. The number of amides is 1. The predicted molar refractivity (Wildman–Crippen MR) is 121 cm³/mol. The molecule has 0 saturated carbocycles. The van der Waals surface area contributed by atoms with Crippen LogP contribution in [0.25, 0.3) is 0 Å². The first kappa shape index (κ1) is 22.2. The van der Waals surface area contributed by atoms with E-state index in [0.29, 0.717) is 28.4 Å². The topological polar surface area (TPSA) is 93.7 Å². The highest BCUT2D eigenvalue weighted by Crippen LogP contribution is 2.29. The molecule has 0 spiro atoms. The van der Waals surface area contributed by atoms with Gasteiger partial charge in [-0.3, -0.25) is 9.52 Å². The van der Waals surface area contributed by atoms with E-state index < -0.39 is 10.0 Å². The number of methoxy groups -OCH3 is 2. The largest absolute Gasteiger partial charge is 0.497 e. The van der Waals surface area contributed by atoms with E-state index in [1.807, 2.05) is 13.8 Å². The van der Waals surface area contributed by atoms with Crippen LogP contribution in [0, 0.1) is 13.8 Å². The molecule has 3 rings (SSSR count). The van der Waals surface area contributed by atoms with Gasteiger partial charge >= 0.3 is 0 Å². The molecule has 3 aromatic carbocycles. The summed E-state index contributed by atoms with van der Waals surface area (Å²) in [5, 5.41) is 2.78. The first-order valence-corrected chi connectivity index (χ1v) is 11.0. The van der Waals surface area contributed by atoms with Crippen LogP contribution in [0.1, 0.15) is 21.5 Å². The molecular formula is C23H24N2O5S. The maximum Gasteiger partial charge on any atom is 0.261 e. The van der Waals surface area contributed by atoms with Crippen molar-refractivity contribution in [1.29, 1.82) is 0 Å². The van der Waals surface area contributed by atoms with E-state index in [0.717, 1.165) is 11.1 Å². The van der Waals surface area contributed by atoms with Crippen LogP contribution >= 0.6 is 0 Å². The summed E-state index contributed by atoms with van der Waals surface area (Å²) >= 11 is 0. The molecule has 162 valence electrons. The number of benzene rings is 3. The second kappa shape index (κ2) is 9.09. The summed E-state index contributed by atoms with van der Waals surface area (Å²) in [7, 11) is -0.684. The maximum atomic E-state index is 12.6. The van der Waals surface area contributed by atoms with E-state index in [1.165, 1.54) is 7.11 Å². The quantitative estimate of drug-likeness (QED) is 0.569. The molecule has 1 amide bonds. The van der Waals surface area contributed by atoms with Crippen molar-refractivity contribution < 1.29 is 22.7 Å². The summed E-state index contributed by atoms with van der Waals surface area (Å²) in [4.78, 5) is 12.8. The monoisotopic (exact) mass is 440 g/mol. The van der Waals surface area contributed by atoms with Gasteiger partial charge in [-0.2, -0.15) is 0 Å². The van der Waals surface area contributed by atoms with Crippen molar-refractivity contribution in [1.82, 2.24) is 0 Å². The van der Waals surface area contributed by atoms with Crippen LogP contribution in [0.4, 0.5) is 11.4 Å². The zero-order valence-corrected chi connectivity index (χ0v) is 18.5. The number of hydrogen-bond donors (Lipinski definition) is 2. The first-order valence-electron chi connectivity index (χ1n) is 9.47. The summed E-state index contributed by atoms with van der Waals surface area (Å²) in [5.74, 6) is 0.716. The van der Waals surface area contributed by atoms with Gasteiger partial charge in [0, 0.05) is 17.3 Å². The minimum absolute atomic E-state index is 0.184. The third-order valence-electron chi connectivity index (χ3n) is 4.84. The normalized spacial score (nSPS) is 11.0. The third-order valence-corrected chi connectivity index (χ3v) is 6.22. The van der Waals surface area contributed by atoms with Gasteiger partial charge in [-0.05, 0) is 73.5 Å². The van der Waals surface area contributed by atoms with Gasteiger partial charge in [-0.1, -0.05) is 6.07 Å². The fourth-order valence-corrected chi connectivity index (χ4v) is 4.02. The number of aryl methyl sites for hydroxylation is 2. The van der Waals surface area contributed by atoms with Crippen molar-refractivity contribution in [2.24, 2.45) is 0 Å². The lowest BCUT2D eigenvalue weighted by Gasteiger charge is -2.12. The molecule has 0 fully saturated rings. The number of nitrogens with one attached hydrogen (secondary N) is 2. The number of ether oxygens (including phenoxy) is 2. The molecule has 0 aliphatic carbocycles. The van der Waals surface area contributed by atoms with Gasteiger partial charge in [0.05, 0.1) is 24.8 Å². The molecule has 0 atom stereocenters. The number of rotatable bonds is 7. The van der Waals surface area contributed by atoms with Gasteiger partial charge in [0.25, 0.3) is 15.9 Å². The average molecular weight is 441 g/mol. The minimum Gasteiger partial charge on any atom is -0.497 e. The minimum atomic E-state index is -3.73. The number of hydrogen-bond acceptors (Lipinski definition) is 5. The van der Waals surface area contributed by atoms with Crippen LogP contribution in [0.2, 0.25) is 0 Å². The Morgan fingerprint density at radius 3 is 2.16 bits per heavy atom. The molecule has 0 radical (unpaired) electrons. The smallest absolute Gasteiger partial charge is 0.261 e. The summed E-state index contributed by atoms with van der Waals surface area (Å²) in [5.41, 5.74) is 3.13. The summed E-state index contributed by atoms with van der Waals surface area (Å²) < 4.78 is 38.2. The van der Waals surface area contributed by atoms with Gasteiger partial charge in [-0.25, -0.2) is 8.42 Å². The van der Waals surface area contributed by atoms with E-state index >= 15 is 0 Å². The molecule has 2 N–H and O–H groups in total. The van der Waals surface area contributed by atoms with Crippen molar-refractivity contribution in [3.05, 3.63) is 77.4 Å². The molecule has 0 unspecified atom stereocenters. The van der Waals surface area contributed by atoms with Crippen molar-refractivity contribution >= 4 is 27.3 Å². The van der Waals surface area contributed by atoms with Crippen molar-refractivity contribution in [2.75, 3.05) is 24.3 Å². The highest BCUT2D eigenvalue weighted by atomic mass is 32.2. The SMILES string of the molecule is COc1ccc(NC(=O)c2ccc(NS(=O)(=O)c3ccc(C)c(C)c3)cc2)c(OC)c1. The first-order chi connectivity index (χ1) is 14.7. The highest BCUT2D eigenvalue weighted by molar-refractivity contribution is 7.92. The predicted octanol–water partition coefficient (Wildman–Crippen LogP) is 4.37. The molecule has 3 aromatic rings. The molecule has 7 nitrogen and oxygen atoms in total. The summed E-state index contributed by atoms with van der Waals surface area (Å²) in [6.07, 6.45) is 0. The molecule has 0 saturated heterocycles. The Kier molecular flexibility index (Phi) is 6.50. The van der Waals surface area contributed by atoms with Crippen LogP contribution in [-0.4, -0.2) is 28.5 Å². The Balaban J connectivity index is 1.74. The van der Waals surface area contributed by atoms with Gasteiger partial charge in [0.2, 0.25) is 0 Å². The molecule has 0 aliphatic heterocycles. The van der Waals surface area contributed by atoms with Gasteiger partial charge in [0.1, 0.15) is 11.5 Å². The Morgan fingerprint density at radius 2 is 1.55 bits per heavy atom.